The lowest BCUT2D eigenvalue weighted by Gasteiger charge is -2.10. The van der Waals surface area contributed by atoms with Gasteiger partial charge in [0.25, 0.3) is 0 Å². The van der Waals surface area contributed by atoms with E-state index in [0.29, 0.717) is 16.6 Å². The number of nitrogens with zero attached hydrogens (tertiary/aromatic N) is 1. The van der Waals surface area contributed by atoms with Crippen molar-refractivity contribution in [2.45, 2.75) is 13.1 Å². The number of nitrogens with one attached hydrogen (secondary N) is 2. The van der Waals surface area contributed by atoms with Gasteiger partial charge in [-0.3, -0.25) is 19.0 Å². The van der Waals surface area contributed by atoms with Crippen molar-refractivity contribution < 1.29 is 9.18 Å². The van der Waals surface area contributed by atoms with Crippen LogP contribution in [0, 0.1) is 5.82 Å². The molecule has 3 aromatic rings. The summed E-state index contributed by atoms with van der Waals surface area (Å²) in [5, 5.41) is 2.55. The molecule has 0 aliphatic rings. The van der Waals surface area contributed by atoms with Crippen LogP contribution in [-0.2, 0) is 17.9 Å². The van der Waals surface area contributed by atoms with Crippen molar-refractivity contribution in [1.29, 1.82) is 0 Å². The van der Waals surface area contributed by atoms with E-state index < -0.39 is 22.8 Å². The summed E-state index contributed by atoms with van der Waals surface area (Å²) in [4.78, 5) is 38.3. The number of carbonyl (C=O) groups excluding carboxylic acids is 1. The Morgan fingerprint density at radius 3 is 2.58 bits per heavy atom. The molecule has 0 unspecified atom stereocenters. The summed E-state index contributed by atoms with van der Waals surface area (Å²) >= 11 is 0. The Hall–Kier alpha value is -3.22. The summed E-state index contributed by atoms with van der Waals surface area (Å²) in [5.74, 6) is -0.910. The molecule has 0 fully saturated rings. The molecule has 0 atom stereocenters. The van der Waals surface area contributed by atoms with Gasteiger partial charge >= 0.3 is 11.1 Å². The van der Waals surface area contributed by atoms with Crippen LogP contribution in [0.1, 0.15) is 5.56 Å². The number of amides is 1. The highest BCUT2D eigenvalue weighted by Gasteiger charge is 2.11. The Balaban J connectivity index is 1.83. The van der Waals surface area contributed by atoms with Crippen molar-refractivity contribution in [3.05, 3.63) is 80.6 Å². The van der Waals surface area contributed by atoms with Crippen LogP contribution in [-0.4, -0.2) is 15.5 Å². The topological polar surface area (TPSA) is 84.0 Å². The number of fused-ring (bicyclic) bond motifs is 1. The minimum absolute atomic E-state index is 0.00137. The molecule has 0 aliphatic carbocycles. The smallest absolute Gasteiger partial charge is 0.317 e. The van der Waals surface area contributed by atoms with Crippen LogP contribution in [0.3, 0.4) is 0 Å². The summed E-state index contributed by atoms with van der Waals surface area (Å²) in [6.07, 6.45) is 0. The van der Waals surface area contributed by atoms with Crippen LogP contribution < -0.4 is 16.4 Å². The van der Waals surface area contributed by atoms with Gasteiger partial charge in [-0.2, -0.15) is 0 Å². The molecule has 3 rings (SSSR count). The van der Waals surface area contributed by atoms with E-state index in [9.17, 15) is 18.8 Å². The van der Waals surface area contributed by atoms with Crippen molar-refractivity contribution in [2.75, 3.05) is 0 Å². The van der Waals surface area contributed by atoms with Crippen LogP contribution in [0.2, 0.25) is 0 Å². The normalized spacial score (nSPS) is 10.7. The van der Waals surface area contributed by atoms with Gasteiger partial charge in [-0.1, -0.05) is 30.3 Å². The predicted molar refractivity (Wildman–Crippen MR) is 87.1 cm³/mol. The van der Waals surface area contributed by atoms with E-state index in [-0.39, 0.29) is 13.1 Å². The van der Waals surface area contributed by atoms with E-state index in [2.05, 4.69) is 10.3 Å². The van der Waals surface area contributed by atoms with E-state index in [1.807, 2.05) is 0 Å². The summed E-state index contributed by atoms with van der Waals surface area (Å²) in [5.41, 5.74) is -0.355. The molecule has 24 heavy (non-hydrogen) atoms. The number of halogens is 1. The number of aromatic nitrogens is 2. The zero-order chi connectivity index (χ0) is 17.1. The average Bonchev–Trinajstić information content (AvgIpc) is 2.58. The van der Waals surface area contributed by atoms with E-state index in [1.54, 1.807) is 42.5 Å². The highest BCUT2D eigenvalue weighted by molar-refractivity contribution is 5.79. The molecule has 1 heterocycles. The van der Waals surface area contributed by atoms with Gasteiger partial charge < -0.3 is 10.3 Å². The van der Waals surface area contributed by atoms with E-state index in [0.717, 1.165) is 4.57 Å². The molecule has 1 aromatic heterocycles. The first-order chi connectivity index (χ1) is 11.6. The van der Waals surface area contributed by atoms with Gasteiger partial charge in [0.2, 0.25) is 5.91 Å². The third kappa shape index (κ3) is 3.10. The molecule has 6 nitrogen and oxygen atoms in total. The lowest BCUT2D eigenvalue weighted by molar-refractivity contribution is -0.121. The molecule has 0 radical (unpaired) electrons. The summed E-state index contributed by atoms with van der Waals surface area (Å²) in [7, 11) is 0. The van der Waals surface area contributed by atoms with Gasteiger partial charge in [0.1, 0.15) is 12.4 Å². The Bertz CT molecular complexity index is 1020. The zero-order valence-electron chi connectivity index (χ0n) is 12.6. The van der Waals surface area contributed by atoms with Crippen LogP contribution in [0.5, 0.6) is 0 Å². The van der Waals surface area contributed by atoms with Gasteiger partial charge in [-0.25, -0.2) is 4.39 Å². The molecule has 7 heteroatoms. The number of carbonyl (C=O) groups is 1. The van der Waals surface area contributed by atoms with Crippen LogP contribution >= 0.6 is 0 Å². The van der Waals surface area contributed by atoms with Crippen molar-refractivity contribution in [3.63, 3.8) is 0 Å². The highest BCUT2D eigenvalue weighted by atomic mass is 19.1. The summed E-state index contributed by atoms with van der Waals surface area (Å²) < 4.78 is 14.6. The fraction of sp³-hybridized carbons (Fsp3) is 0.118. The molecule has 0 spiro atoms. The summed E-state index contributed by atoms with van der Waals surface area (Å²) in [6.45, 7) is -0.320. The van der Waals surface area contributed by atoms with Crippen LogP contribution in [0.15, 0.2) is 58.1 Å². The van der Waals surface area contributed by atoms with Gasteiger partial charge in [-0.15, -0.1) is 0 Å². The number of para-hydroxylation sites is 2. The molecule has 2 N–H and O–H groups in total. The molecule has 2 aromatic carbocycles. The third-order valence-corrected chi connectivity index (χ3v) is 3.62. The second kappa shape index (κ2) is 6.49. The fourth-order valence-corrected chi connectivity index (χ4v) is 2.41. The number of aromatic amines is 1. The first-order valence-electron chi connectivity index (χ1n) is 7.28. The molecule has 0 aliphatic heterocycles. The molecule has 0 saturated heterocycles. The Morgan fingerprint density at radius 2 is 1.79 bits per heavy atom. The van der Waals surface area contributed by atoms with E-state index in [4.69, 9.17) is 0 Å². The maximum Gasteiger partial charge on any atom is 0.317 e. The minimum atomic E-state index is -0.810. The number of hydrogen-bond acceptors (Lipinski definition) is 3. The number of hydrogen-bond donors (Lipinski definition) is 2. The van der Waals surface area contributed by atoms with Crippen molar-refractivity contribution in [2.24, 2.45) is 0 Å². The van der Waals surface area contributed by atoms with Gasteiger partial charge in [0, 0.05) is 12.1 Å². The SMILES string of the molecule is O=C(Cn1c(=O)c(=O)[nH]c2ccccc21)NCc1ccccc1F. The van der Waals surface area contributed by atoms with Gasteiger partial charge in [-0.05, 0) is 18.2 Å². The van der Waals surface area contributed by atoms with Crippen molar-refractivity contribution in [1.82, 2.24) is 14.9 Å². The lowest BCUT2D eigenvalue weighted by atomic mass is 10.2. The molecule has 0 saturated carbocycles. The average molecular weight is 327 g/mol. The molecule has 122 valence electrons. The van der Waals surface area contributed by atoms with Crippen LogP contribution in [0.25, 0.3) is 11.0 Å². The Kier molecular flexibility index (Phi) is 4.24. The van der Waals surface area contributed by atoms with E-state index >= 15 is 0 Å². The molecular formula is C17H14FN3O3. The maximum atomic E-state index is 13.5. The second-order valence-corrected chi connectivity index (χ2v) is 5.23. The number of rotatable bonds is 4. The third-order valence-electron chi connectivity index (χ3n) is 3.62. The van der Waals surface area contributed by atoms with Crippen molar-refractivity contribution in [3.8, 4) is 0 Å². The summed E-state index contributed by atoms with van der Waals surface area (Å²) in [6, 6.07) is 12.8. The zero-order valence-corrected chi connectivity index (χ0v) is 12.6. The lowest BCUT2D eigenvalue weighted by Crippen LogP contribution is -2.40. The molecular weight excluding hydrogens is 313 g/mol. The van der Waals surface area contributed by atoms with Crippen molar-refractivity contribution >= 4 is 16.9 Å². The second-order valence-electron chi connectivity index (χ2n) is 5.23. The first-order valence-corrected chi connectivity index (χ1v) is 7.28. The van der Waals surface area contributed by atoms with Crippen LogP contribution in [0.4, 0.5) is 4.39 Å². The van der Waals surface area contributed by atoms with Gasteiger partial charge in [0.15, 0.2) is 0 Å². The molecule has 0 bridgehead atoms. The van der Waals surface area contributed by atoms with Gasteiger partial charge in [0.05, 0.1) is 11.0 Å². The minimum Gasteiger partial charge on any atom is -0.350 e. The fourth-order valence-electron chi connectivity index (χ4n) is 2.41. The molecule has 1 amide bonds. The number of benzene rings is 2. The largest absolute Gasteiger partial charge is 0.350 e. The Morgan fingerprint density at radius 1 is 1.08 bits per heavy atom. The first kappa shape index (κ1) is 15.7. The maximum absolute atomic E-state index is 13.5. The Labute approximate surface area is 135 Å². The predicted octanol–water partition coefficient (Wildman–Crippen LogP) is 1.15. The number of H-pyrrole nitrogens is 1. The highest BCUT2D eigenvalue weighted by Crippen LogP contribution is 2.08. The van der Waals surface area contributed by atoms with E-state index in [1.165, 1.54) is 6.07 Å². The quantitative estimate of drug-likeness (QED) is 0.705. The monoisotopic (exact) mass is 327 g/mol. The standard InChI is InChI=1S/C17H14FN3O3/c18-12-6-2-1-5-11(12)9-19-15(22)10-21-14-8-4-3-7-13(14)20-16(23)17(21)24/h1-8H,9-10H2,(H,19,22)(H,20,23).